The molecule has 1 aromatic heterocycles. The van der Waals surface area contributed by atoms with Gasteiger partial charge in [0.2, 0.25) is 0 Å². The molecule has 0 saturated heterocycles. The topological polar surface area (TPSA) is 55.1 Å². The number of aliphatic carboxylic acids is 1. The van der Waals surface area contributed by atoms with Gasteiger partial charge >= 0.3 is 5.97 Å². The Bertz CT molecular complexity index is 542. The molecule has 1 N–H and O–H groups in total. The zero-order chi connectivity index (χ0) is 12.3. The van der Waals surface area contributed by atoms with E-state index in [0.717, 1.165) is 10.2 Å². The summed E-state index contributed by atoms with van der Waals surface area (Å²) >= 11 is 4.65. The quantitative estimate of drug-likeness (QED) is 0.882. The summed E-state index contributed by atoms with van der Waals surface area (Å²) in [6.45, 7) is 0. The second-order valence-corrected chi connectivity index (χ2v) is 5.01. The van der Waals surface area contributed by atoms with E-state index in [1.54, 1.807) is 6.20 Å². The van der Waals surface area contributed by atoms with E-state index in [1.807, 2.05) is 35.0 Å². The third-order valence-corrected chi connectivity index (χ3v) is 3.67. The molecule has 2 rings (SSSR count). The standard InChI is InChI=1S/C11H9BrN2O2S/c12-8-3-1-2-4-9(8)14-6-5-13-11(14)17-7-10(15)16/h1-6H,7H2,(H,15,16). The van der Waals surface area contributed by atoms with E-state index in [9.17, 15) is 4.79 Å². The number of rotatable bonds is 4. The van der Waals surface area contributed by atoms with Crippen LogP contribution in [0.1, 0.15) is 0 Å². The van der Waals surface area contributed by atoms with Crippen LogP contribution in [-0.4, -0.2) is 26.4 Å². The first-order valence-corrected chi connectivity index (χ1v) is 6.59. The van der Waals surface area contributed by atoms with Crippen LogP contribution < -0.4 is 0 Å². The number of imidazole rings is 1. The van der Waals surface area contributed by atoms with Crippen molar-refractivity contribution in [3.63, 3.8) is 0 Å². The molecule has 4 nitrogen and oxygen atoms in total. The van der Waals surface area contributed by atoms with Gasteiger partial charge in [0.25, 0.3) is 0 Å². The van der Waals surface area contributed by atoms with Gasteiger partial charge in [-0.15, -0.1) is 0 Å². The molecule has 0 spiro atoms. The van der Waals surface area contributed by atoms with Crippen molar-refractivity contribution in [3.05, 3.63) is 41.1 Å². The fourth-order valence-corrected chi connectivity index (χ4v) is 2.52. The van der Waals surface area contributed by atoms with E-state index in [0.29, 0.717) is 5.16 Å². The fourth-order valence-electron chi connectivity index (χ4n) is 1.35. The number of nitrogens with zero attached hydrogens (tertiary/aromatic N) is 2. The lowest BCUT2D eigenvalue weighted by atomic mass is 10.3. The zero-order valence-electron chi connectivity index (χ0n) is 8.71. The molecule has 0 amide bonds. The minimum absolute atomic E-state index is 0.00145. The third-order valence-electron chi connectivity index (χ3n) is 2.04. The van der Waals surface area contributed by atoms with Gasteiger partial charge in [-0.25, -0.2) is 4.98 Å². The Morgan fingerprint density at radius 3 is 2.94 bits per heavy atom. The maximum atomic E-state index is 10.5. The molecule has 0 atom stereocenters. The summed E-state index contributed by atoms with van der Waals surface area (Å²) in [5.41, 5.74) is 0.942. The fraction of sp³-hybridized carbons (Fsp3) is 0.0909. The van der Waals surface area contributed by atoms with Crippen LogP contribution >= 0.6 is 27.7 Å². The lowest BCUT2D eigenvalue weighted by molar-refractivity contribution is -0.133. The Balaban J connectivity index is 2.31. The molecule has 0 aliphatic heterocycles. The first-order valence-electron chi connectivity index (χ1n) is 4.81. The van der Waals surface area contributed by atoms with Gasteiger partial charge in [-0.2, -0.15) is 0 Å². The predicted octanol–water partition coefficient (Wildman–Crippen LogP) is 2.81. The number of hydrogen-bond donors (Lipinski definition) is 1. The van der Waals surface area contributed by atoms with E-state index < -0.39 is 5.97 Å². The van der Waals surface area contributed by atoms with Crippen LogP contribution in [0, 0.1) is 0 Å². The van der Waals surface area contributed by atoms with Crippen LogP contribution in [0.5, 0.6) is 0 Å². The summed E-state index contributed by atoms with van der Waals surface area (Å²) in [4.78, 5) is 14.7. The van der Waals surface area contributed by atoms with Crippen molar-refractivity contribution in [3.8, 4) is 5.69 Å². The molecular formula is C11H9BrN2O2S. The molecule has 0 unspecified atom stereocenters. The highest BCUT2D eigenvalue weighted by molar-refractivity contribution is 9.10. The van der Waals surface area contributed by atoms with Crippen molar-refractivity contribution in [2.75, 3.05) is 5.75 Å². The lowest BCUT2D eigenvalue weighted by Crippen LogP contribution is -2.01. The van der Waals surface area contributed by atoms with Gasteiger partial charge in [-0.3, -0.25) is 9.36 Å². The zero-order valence-corrected chi connectivity index (χ0v) is 11.1. The number of carboxylic acid groups (broad SMARTS) is 1. The van der Waals surface area contributed by atoms with Gasteiger partial charge in [-0.05, 0) is 28.1 Å². The summed E-state index contributed by atoms with van der Waals surface area (Å²) in [7, 11) is 0. The van der Waals surface area contributed by atoms with Crippen LogP contribution in [0.4, 0.5) is 0 Å². The van der Waals surface area contributed by atoms with E-state index in [4.69, 9.17) is 5.11 Å². The largest absolute Gasteiger partial charge is 0.481 e. The number of carboxylic acids is 1. The Morgan fingerprint density at radius 1 is 1.47 bits per heavy atom. The molecule has 17 heavy (non-hydrogen) atoms. The lowest BCUT2D eigenvalue weighted by Gasteiger charge is -2.08. The second kappa shape index (κ2) is 5.37. The number of halogens is 1. The molecular weight excluding hydrogens is 304 g/mol. The van der Waals surface area contributed by atoms with Gasteiger partial charge in [0.15, 0.2) is 5.16 Å². The van der Waals surface area contributed by atoms with E-state index in [2.05, 4.69) is 20.9 Å². The molecule has 88 valence electrons. The van der Waals surface area contributed by atoms with Crippen molar-refractivity contribution in [2.45, 2.75) is 5.16 Å². The number of carbonyl (C=O) groups is 1. The van der Waals surface area contributed by atoms with Gasteiger partial charge in [0, 0.05) is 16.9 Å². The van der Waals surface area contributed by atoms with Crippen molar-refractivity contribution < 1.29 is 9.90 Å². The number of aromatic nitrogens is 2. The smallest absolute Gasteiger partial charge is 0.313 e. The maximum Gasteiger partial charge on any atom is 0.313 e. The maximum absolute atomic E-state index is 10.5. The highest BCUT2D eigenvalue weighted by atomic mass is 79.9. The summed E-state index contributed by atoms with van der Waals surface area (Å²) in [5.74, 6) is -0.849. The molecule has 0 radical (unpaired) electrons. The van der Waals surface area contributed by atoms with Crippen LogP contribution in [0.15, 0.2) is 46.3 Å². The molecule has 6 heteroatoms. The second-order valence-electron chi connectivity index (χ2n) is 3.21. The first-order chi connectivity index (χ1) is 8.18. The Morgan fingerprint density at radius 2 is 2.24 bits per heavy atom. The van der Waals surface area contributed by atoms with E-state index in [1.165, 1.54) is 11.8 Å². The van der Waals surface area contributed by atoms with Crippen LogP contribution in [-0.2, 0) is 4.79 Å². The van der Waals surface area contributed by atoms with Crippen molar-refractivity contribution >= 4 is 33.7 Å². The summed E-state index contributed by atoms with van der Waals surface area (Å²) in [5, 5.41) is 9.33. The average molecular weight is 313 g/mol. The van der Waals surface area contributed by atoms with Crippen molar-refractivity contribution in [1.29, 1.82) is 0 Å². The summed E-state index contributed by atoms with van der Waals surface area (Å²) in [6.07, 6.45) is 3.47. The van der Waals surface area contributed by atoms with Gasteiger partial charge in [-0.1, -0.05) is 23.9 Å². The molecule has 0 aliphatic rings. The predicted molar refractivity (Wildman–Crippen MR) is 69.6 cm³/mol. The van der Waals surface area contributed by atoms with Crippen LogP contribution in [0.3, 0.4) is 0 Å². The molecule has 1 heterocycles. The van der Waals surface area contributed by atoms with Crippen molar-refractivity contribution in [1.82, 2.24) is 9.55 Å². The number of benzene rings is 1. The SMILES string of the molecule is O=C(O)CSc1nccn1-c1ccccc1Br. The van der Waals surface area contributed by atoms with Gasteiger partial charge in [0.1, 0.15) is 0 Å². The Labute approximate surface area is 111 Å². The number of thioether (sulfide) groups is 1. The monoisotopic (exact) mass is 312 g/mol. The summed E-state index contributed by atoms with van der Waals surface area (Å²) in [6, 6.07) is 7.72. The molecule has 0 saturated carbocycles. The third kappa shape index (κ3) is 2.89. The first kappa shape index (κ1) is 12.2. The van der Waals surface area contributed by atoms with Crippen LogP contribution in [0.25, 0.3) is 5.69 Å². The highest BCUT2D eigenvalue weighted by Crippen LogP contribution is 2.25. The summed E-state index contributed by atoms with van der Waals surface area (Å²) < 4.78 is 2.80. The molecule has 0 fully saturated rings. The molecule has 2 aromatic rings. The van der Waals surface area contributed by atoms with Gasteiger partial charge in [0.05, 0.1) is 11.4 Å². The average Bonchev–Trinajstić information content (AvgIpc) is 2.75. The number of para-hydroxylation sites is 1. The molecule has 0 bridgehead atoms. The van der Waals surface area contributed by atoms with Crippen LogP contribution in [0.2, 0.25) is 0 Å². The highest BCUT2D eigenvalue weighted by Gasteiger charge is 2.09. The minimum Gasteiger partial charge on any atom is -0.481 e. The van der Waals surface area contributed by atoms with Crippen molar-refractivity contribution in [2.24, 2.45) is 0 Å². The minimum atomic E-state index is -0.850. The molecule has 0 aliphatic carbocycles. The Kier molecular flexibility index (Phi) is 3.86. The Hall–Kier alpha value is -1.27. The van der Waals surface area contributed by atoms with Gasteiger partial charge < -0.3 is 5.11 Å². The normalized spacial score (nSPS) is 10.4. The van der Waals surface area contributed by atoms with E-state index in [-0.39, 0.29) is 5.75 Å². The molecule has 1 aromatic carbocycles. The number of hydrogen-bond acceptors (Lipinski definition) is 3. The van der Waals surface area contributed by atoms with E-state index >= 15 is 0 Å².